The van der Waals surface area contributed by atoms with E-state index < -0.39 is 0 Å². The summed E-state index contributed by atoms with van der Waals surface area (Å²) in [7, 11) is 2.15. The molecule has 0 unspecified atom stereocenters. The minimum atomic E-state index is 0.445. The molecule has 14 heavy (non-hydrogen) atoms. The Kier molecular flexibility index (Phi) is 2.73. The highest BCUT2D eigenvalue weighted by Crippen LogP contribution is 2.23. The molecule has 1 aromatic carbocycles. The van der Waals surface area contributed by atoms with Gasteiger partial charge in [-0.3, -0.25) is 0 Å². The predicted octanol–water partition coefficient (Wildman–Crippen LogP) is 1.89. The van der Waals surface area contributed by atoms with E-state index in [1.807, 2.05) is 18.2 Å². The maximum atomic E-state index is 9.56. The molecular formula is C12H17NO. The zero-order chi connectivity index (χ0) is 9.97. The summed E-state index contributed by atoms with van der Waals surface area (Å²) in [5, 5.41) is 9.56. The first-order chi connectivity index (χ1) is 6.75. The summed E-state index contributed by atoms with van der Waals surface area (Å²) >= 11 is 0. The van der Waals surface area contributed by atoms with E-state index >= 15 is 0 Å². The summed E-state index contributed by atoms with van der Waals surface area (Å²) in [6, 6.07) is 7.64. The van der Waals surface area contributed by atoms with Gasteiger partial charge in [-0.1, -0.05) is 18.2 Å². The minimum absolute atomic E-state index is 0.445. The first-order valence-electron chi connectivity index (χ1n) is 5.21. The van der Waals surface area contributed by atoms with Crippen LogP contribution in [-0.4, -0.2) is 30.1 Å². The average molecular weight is 191 g/mol. The van der Waals surface area contributed by atoms with Crippen molar-refractivity contribution in [3.63, 3.8) is 0 Å². The van der Waals surface area contributed by atoms with Crippen LogP contribution in [0.25, 0.3) is 0 Å². The second-order valence-electron chi connectivity index (χ2n) is 4.25. The molecule has 0 spiro atoms. The molecule has 0 atom stereocenters. The van der Waals surface area contributed by atoms with Gasteiger partial charge in [-0.2, -0.15) is 0 Å². The second-order valence-corrected chi connectivity index (χ2v) is 4.25. The molecule has 1 fully saturated rings. The summed E-state index contributed by atoms with van der Waals surface area (Å²) in [5.74, 6) is 1.28. The molecule has 0 radical (unpaired) electrons. The number of phenols is 1. The van der Waals surface area contributed by atoms with Crippen molar-refractivity contribution in [2.45, 2.75) is 12.8 Å². The summed E-state index contributed by atoms with van der Waals surface area (Å²) in [6.45, 7) is 2.43. The summed E-state index contributed by atoms with van der Waals surface area (Å²) in [6.07, 6.45) is 2.20. The van der Waals surface area contributed by atoms with E-state index in [4.69, 9.17) is 0 Å². The number of aryl methyl sites for hydroxylation is 1. The van der Waals surface area contributed by atoms with Crippen LogP contribution in [0.1, 0.15) is 12.0 Å². The van der Waals surface area contributed by atoms with Gasteiger partial charge in [-0.15, -0.1) is 0 Å². The van der Waals surface area contributed by atoms with Gasteiger partial charge in [0, 0.05) is 13.1 Å². The number of rotatable bonds is 3. The van der Waals surface area contributed by atoms with Crippen LogP contribution in [0.15, 0.2) is 24.3 Å². The molecule has 2 rings (SSSR count). The number of nitrogens with zero attached hydrogens (tertiary/aromatic N) is 1. The van der Waals surface area contributed by atoms with Gasteiger partial charge in [-0.25, -0.2) is 0 Å². The maximum absolute atomic E-state index is 9.56. The Morgan fingerprint density at radius 2 is 2.07 bits per heavy atom. The lowest BCUT2D eigenvalue weighted by molar-refractivity contribution is 0.127. The fourth-order valence-electron chi connectivity index (χ4n) is 2.09. The highest BCUT2D eigenvalue weighted by molar-refractivity contribution is 5.31. The van der Waals surface area contributed by atoms with E-state index in [-0.39, 0.29) is 0 Å². The lowest BCUT2D eigenvalue weighted by Crippen LogP contribution is -2.43. The molecule has 0 amide bonds. The number of para-hydroxylation sites is 1. The quantitative estimate of drug-likeness (QED) is 0.788. The van der Waals surface area contributed by atoms with Crippen molar-refractivity contribution in [1.29, 1.82) is 0 Å². The molecule has 1 aliphatic rings. The average Bonchev–Trinajstić information content (AvgIpc) is 2.13. The van der Waals surface area contributed by atoms with Gasteiger partial charge in [0.1, 0.15) is 5.75 Å². The minimum Gasteiger partial charge on any atom is -0.508 e. The third-order valence-electron chi connectivity index (χ3n) is 2.95. The smallest absolute Gasteiger partial charge is 0.118 e. The van der Waals surface area contributed by atoms with E-state index in [9.17, 15) is 5.11 Å². The maximum Gasteiger partial charge on any atom is 0.118 e. The molecule has 76 valence electrons. The summed E-state index contributed by atoms with van der Waals surface area (Å²) in [5.41, 5.74) is 1.09. The molecule has 2 nitrogen and oxygen atoms in total. The first-order valence-corrected chi connectivity index (χ1v) is 5.21. The molecule has 1 aliphatic heterocycles. The molecule has 1 heterocycles. The van der Waals surface area contributed by atoms with Crippen molar-refractivity contribution in [3.8, 4) is 5.75 Å². The van der Waals surface area contributed by atoms with E-state index in [1.54, 1.807) is 6.07 Å². The number of likely N-dealkylation sites (tertiary alicyclic amines) is 1. The number of hydrogen-bond donors (Lipinski definition) is 1. The SMILES string of the molecule is CN1CC(CCc2ccccc2O)C1. The Labute approximate surface area is 85.2 Å². The number of aromatic hydroxyl groups is 1. The Morgan fingerprint density at radius 3 is 2.71 bits per heavy atom. The fourth-order valence-corrected chi connectivity index (χ4v) is 2.09. The van der Waals surface area contributed by atoms with E-state index in [2.05, 4.69) is 11.9 Å². The monoisotopic (exact) mass is 191 g/mol. The van der Waals surface area contributed by atoms with Crippen molar-refractivity contribution in [1.82, 2.24) is 4.90 Å². The third kappa shape index (κ3) is 2.07. The molecule has 2 heteroatoms. The van der Waals surface area contributed by atoms with Gasteiger partial charge in [0.2, 0.25) is 0 Å². The normalized spacial score (nSPS) is 18.1. The van der Waals surface area contributed by atoms with Crippen LogP contribution >= 0.6 is 0 Å². The van der Waals surface area contributed by atoms with Crippen molar-refractivity contribution in [2.75, 3.05) is 20.1 Å². The van der Waals surface area contributed by atoms with E-state index in [0.29, 0.717) is 5.75 Å². The van der Waals surface area contributed by atoms with Crippen LogP contribution in [-0.2, 0) is 6.42 Å². The van der Waals surface area contributed by atoms with Crippen LogP contribution in [0.3, 0.4) is 0 Å². The van der Waals surface area contributed by atoms with Gasteiger partial charge in [0.05, 0.1) is 0 Å². The van der Waals surface area contributed by atoms with E-state index in [0.717, 1.165) is 17.9 Å². The summed E-state index contributed by atoms with van der Waals surface area (Å²) < 4.78 is 0. The Morgan fingerprint density at radius 1 is 1.36 bits per heavy atom. The van der Waals surface area contributed by atoms with Gasteiger partial charge in [0.15, 0.2) is 0 Å². The van der Waals surface area contributed by atoms with Gasteiger partial charge in [0.25, 0.3) is 0 Å². The molecule has 0 aromatic heterocycles. The Hall–Kier alpha value is -1.02. The van der Waals surface area contributed by atoms with E-state index in [1.165, 1.54) is 19.5 Å². The zero-order valence-electron chi connectivity index (χ0n) is 8.61. The third-order valence-corrected chi connectivity index (χ3v) is 2.95. The number of hydrogen-bond acceptors (Lipinski definition) is 2. The predicted molar refractivity (Wildman–Crippen MR) is 57.4 cm³/mol. The van der Waals surface area contributed by atoms with Crippen LogP contribution in [0.4, 0.5) is 0 Å². The molecule has 1 saturated heterocycles. The zero-order valence-corrected chi connectivity index (χ0v) is 8.61. The van der Waals surface area contributed by atoms with Crippen molar-refractivity contribution in [3.05, 3.63) is 29.8 Å². The highest BCUT2D eigenvalue weighted by atomic mass is 16.3. The Bertz CT molecular complexity index is 305. The highest BCUT2D eigenvalue weighted by Gasteiger charge is 2.22. The van der Waals surface area contributed by atoms with Gasteiger partial charge in [-0.05, 0) is 37.4 Å². The van der Waals surface area contributed by atoms with Crippen molar-refractivity contribution >= 4 is 0 Å². The van der Waals surface area contributed by atoms with Crippen molar-refractivity contribution < 1.29 is 5.11 Å². The van der Waals surface area contributed by atoms with Crippen molar-refractivity contribution in [2.24, 2.45) is 5.92 Å². The first kappa shape index (κ1) is 9.53. The van der Waals surface area contributed by atoms with Gasteiger partial charge >= 0.3 is 0 Å². The standard InChI is InChI=1S/C12H17NO/c1-13-8-10(9-13)6-7-11-4-2-3-5-12(11)14/h2-5,10,14H,6-9H2,1H3. The second kappa shape index (κ2) is 4.01. The van der Waals surface area contributed by atoms with Crippen LogP contribution in [0.5, 0.6) is 5.75 Å². The number of phenolic OH excluding ortho intramolecular Hbond substituents is 1. The molecular weight excluding hydrogens is 174 g/mol. The molecule has 0 aliphatic carbocycles. The van der Waals surface area contributed by atoms with Crippen LogP contribution < -0.4 is 0 Å². The fraction of sp³-hybridized carbons (Fsp3) is 0.500. The summed E-state index contributed by atoms with van der Waals surface area (Å²) in [4.78, 5) is 2.33. The molecule has 0 bridgehead atoms. The van der Waals surface area contributed by atoms with Gasteiger partial charge < -0.3 is 10.0 Å². The molecule has 1 aromatic rings. The van der Waals surface area contributed by atoms with Crippen LogP contribution in [0, 0.1) is 5.92 Å². The Balaban J connectivity index is 1.83. The lowest BCUT2D eigenvalue weighted by Gasteiger charge is -2.36. The topological polar surface area (TPSA) is 23.5 Å². The molecule has 0 saturated carbocycles. The number of benzene rings is 1. The lowest BCUT2D eigenvalue weighted by atomic mass is 9.93. The molecule has 1 N–H and O–H groups in total. The van der Waals surface area contributed by atoms with Crippen LogP contribution in [0.2, 0.25) is 0 Å². The largest absolute Gasteiger partial charge is 0.508 e.